The standard InChI is InChI=1S/C24H47N/c1-7-12-20(5)23(6,19(3)4)17-22-18-25-16-10-9-15-24(22,8-2)21-13-11-14-21/h19-22,25H,7-18H2,1-6H3. The van der Waals surface area contributed by atoms with Crippen LogP contribution in [0.2, 0.25) is 0 Å². The molecule has 2 fully saturated rings. The molecule has 0 aromatic carbocycles. The van der Waals surface area contributed by atoms with Gasteiger partial charge < -0.3 is 5.32 Å². The van der Waals surface area contributed by atoms with Crippen LogP contribution in [0.3, 0.4) is 0 Å². The SMILES string of the molecule is CCCC(C)C(C)(CC1CNCCCCC1(CC)C1CCC1)C(C)C. The van der Waals surface area contributed by atoms with Gasteiger partial charge in [-0.05, 0) is 86.1 Å². The molecule has 0 aromatic rings. The molecule has 1 aliphatic heterocycles. The van der Waals surface area contributed by atoms with Crippen LogP contribution in [0.5, 0.6) is 0 Å². The van der Waals surface area contributed by atoms with Gasteiger partial charge in [-0.25, -0.2) is 0 Å². The molecule has 1 N–H and O–H groups in total. The van der Waals surface area contributed by atoms with Crippen molar-refractivity contribution in [3.8, 4) is 0 Å². The van der Waals surface area contributed by atoms with Crippen molar-refractivity contribution >= 4 is 0 Å². The van der Waals surface area contributed by atoms with E-state index in [1.807, 2.05) is 0 Å². The van der Waals surface area contributed by atoms with Gasteiger partial charge in [-0.3, -0.25) is 0 Å². The van der Waals surface area contributed by atoms with E-state index < -0.39 is 0 Å². The predicted octanol–water partition coefficient (Wildman–Crippen LogP) is 7.06. The largest absolute Gasteiger partial charge is 0.316 e. The monoisotopic (exact) mass is 349 g/mol. The third-order valence-corrected chi connectivity index (χ3v) is 8.88. The lowest BCUT2D eigenvalue weighted by atomic mass is 9.51. The molecule has 4 unspecified atom stereocenters. The highest BCUT2D eigenvalue weighted by Gasteiger charge is 2.48. The van der Waals surface area contributed by atoms with Crippen LogP contribution in [0.25, 0.3) is 0 Å². The minimum atomic E-state index is 0.478. The number of hydrogen-bond acceptors (Lipinski definition) is 1. The fourth-order valence-electron chi connectivity index (χ4n) is 6.24. The summed E-state index contributed by atoms with van der Waals surface area (Å²) in [7, 11) is 0. The lowest BCUT2D eigenvalue weighted by Crippen LogP contribution is -2.49. The molecule has 2 aliphatic rings. The van der Waals surface area contributed by atoms with Gasteiger partial charge >= 0.3 is 0 Å². The van der Waals surface area contributed by atoms with Crippen LogP contribution in [-0.2, 0) is 0 Å². The molecule has 1 nitrogen and oxygen atoms in total. The van der Waals surface area contributed by atoms with Crippen molar-refractivity contribution in [1.82, 2.24) is 5.32 Å². The quantitative estimate of drug-likeness (QED) is 0.494. The first-order chi connectivity index (χ1) is 11.9. The van der Waals surface area contributed by atoms with Crippen LogP contribution in [0, 0.1) is 34.5 Å². The fourth-order valence-corrected chi connectivity index (χ4v) is 6.24. The van der Waals surface area contributed by atoms with Crippen molar-refractivity contribution in [2.24, 2.45) is 34.5 Å². The van der Waals surface area contributed by atoms with E-state index in [1.165, 1.54) is 77.3 Å². The second-order valence-electron chi connectivity index (χ2n) is 10.1. The van der Waals surface area contributed by atoms with Crippen LogP contribution in [0.4, 0.5) is 0 Å². The number of rotatable bonds is 8. The highest BCUT2D eigenvalue weighted by molar-refractivity contribution is 4.99. The highest BCUT2D eigenvalue weighted by atomic mass is 14.9. The lowest BCUT2D eigenvalue weighted by molar-refractivity contribution is -0.0408. The molecule has 1 saturated heterocycles. The van der Waals surface area contributed by atoms with Crippen LogP contribution in [0.1, 0.15) is 106 Å². The van der Waals surface area contributed by atoms with Gasteiger partial charge in [0.1, 0.15) is 0 Å². The third kappa shape index (κ3) is 4.45. The maximum atomic E-state index is 3.86. The first-order valence-electron chi connectivity index (χ1n) is 11.6. The Balaban J connectivity index is 2.28. The molecular weight excluding hydrogens is 302 g/mol. The number of hydrogen-bond donors (Lipinski definition) is 1. The third-order valence-electron chi connectivity index (χ3n) is 8.88. The summed E-state index contributed by atoms with van der Waals surface area (Å²) in [6, 6.07) is 0. The van der Waals surface area contributed by atoms with Crippen molar-refractivity contribution in [2.75, 3.05) is 13.1 Å². The van der Waals surface area contributed by atoms with E-state index in [4.69, 9.17) is 0 Å². The maximum Gasteiger partial charge on any atom is -0.00149 e. The molecule has 148 valence electrons. The van der Waals surface area contributed by atoms with Crippen LogP contribution in [-0.4, -0.2) is 13.1 Å². The molecule has 0 aromatic heterocycles. The Bertz CT molecular complexity index is 386. The van der Waals surface area contributed by atoms with Crippen LogP contribution in [0.15, 0.2) is 0 Å². The van der Waals surface area contributed by atoms with E-state index in [0.29, 0.717) is 10.8 Å². The first-order valence-corrected chi connectivity index (χ1v) is 11.6. The van der Waals surface area contributed by atoms with Gasteiger partial charge in [-0.1, -0.05) is 67.2 Å². The van der Waals surface area contributed by atoms with Crippen molar-refractivity contribution in [3.63, 3.8) is 0 Å². The van der Waals surface area contributed by atoms with E-state index in [2.05, 4.69) is 46.9 Å². The van der Waals surface area contributed by atoms with Crippen LogP contribution < -0.4 is 5.32 Å². The summed E-state index contributed by atoms with van der Waals surface area (Å²) in [6.07, 6.45) is 14.4. The normalized spacial score (nSPS) is 32.5. The lowest BCUT2D eigenvalue weighted by Gasteiger charge is -2.54. The fraction of sp³-hybridized carbons (Fsp3) is 1.00. The van der Waals surface area contributed by atoms with Crippen molar-refractivity contribution < 1.29 is 0 Å². The van der Waals surface area contributed by atoms with Gasteiger partial charge in [0.2, 0.25) is 0 Å². The number of nitrogens with one attached hydrogen (secondary N) is 1. The zero-order valence-corrected chi connectivity index (χ0v) is 18.3. The summed E-state index contributed by atoms with van der Waals surface area (Å²) in [6.45, 7) is 17.5. The zero-order valence-electron chi connectivity index (χ0n) is 18.3. The summed E-state index contributed by atoms with van der Waals surface area (Å²) in [4.78, 5) is 0. The van der Waals surface area contributed by atoms with Gasteiger partial charge in [0.05, 0.1) is 0 Å². The molecule has 1 saturated carbocycles. The average molecular weight is 350 g/mol. The minimum Gasteiger partial charge on any atom is -0.316 e. The predicted molar refractivity (Wildman–Crippen MR) is 112 cm³/mol. The van der Waals surface area contributed by atoms with Gasteiger partial charge in [0.25, 0.3) is 0 Å². The Morgan fingerprint density at radius 2 is 1.80 bits per heavy atom. The molecule has 1 heterocycles. The summed E-state index contributed by atoms with van der Waals surface area (Å²) in [5, 5.41) is 3.86. The Kier molecular flexibility index (Phi) is 7.86. The molecule has 0 radical (unpaired) electrons. The molecule has 1 heteroatoms. The Morgan fingerprint density at radius 3 is 2.32 bits per heavy atom. The Morgan fingerprint density at radius 1 is 1.08 bits per heavy atom. The summed E-state index contributed by atoms with van der Waals surface area (Å²) in [5.41, 5.74) is 1.10. The molecule has 0 amide bonds. The summed E-state index contributed by atoms with van der Waals surface area (Å²) >= 11 is 0. The molecular formula is C24H47N. The van der Waals surface area contributed by atoms with E-state index in [9.17, 15) is 0 Å². The van der Waals surface area contributed by atoms with Gasteiger partial charge in [-0.15, -0.1) is 0 Å². The second kappa shape index (κ2) is 9.25. The van der Waals surface area contributed by atoms with Gasteiger partial charge in [-0.2, -0.15) is 0 Å². The minimum absolute atomic E-state index is 0.478. The first kappa shape index (κ1) is 21.3. The maximum absolute atomic E-state index is 3.86. The Labute approximate surface area is 159 Å². The van der Waals surface area contributed by atoms with Crippen LogP contribution >= 0.6 is 0 Å². The van der Waals surface area contributed by atoms with E-state index in [-0.39, 0.29) is 0 Å². The van der Waals surface area contributed by atoms with Crippen molar-refractivity contribution in [2.45, 2.75) is 106 Å². The molecule has 4 atom stereocenters. The molecule has 25 heavy (non-hydrogen) atoms. The summed E-state index contributed by atoms with van der Waals surface area (Å²) in [5.74, 6) is 3.49. The average Bonchev–Trinajstić information content (AvgIpc) is 2.51. The summed E-state index contributed by atoms with van der Waals surface area (Å²) < 4.78 is 0. The molecule has 2 rings (SSSR count). The zero-order chi connectivity index (χ0) is 18.5. The van der Waals surface area contributed by atoms with E-state index >= 15 is 0 Å². The Hall–Kier alpha value is -0.0400. The highest BCUT2D eigenvalue weighted by Crippen LogP contribution is 2.56. The van der Waals surface area contributed by atoms with E-state index in [0.717, 1.165) is 23.7 Å². The topological polar surface area (TPSA) is 12.0 Å². The van der Waals surface area contributed by atoms with E-state index in [1.54, 1.807) is 0 Å². The van der Waals surface area contributed by atoms with Crippen molar-refractivity contribution in [3.05, 3.63) is 0 Å². The molecule has 0 bridgehead atoms. The molecule has 0 spiro atoms. The molecule has 1 aliphatic carbocycles. The van der Waals surface area contributed by atoms with Crippen molar-refractivity contribution in [1.29, 1.82) is 0 Å². The second-order valence-corrected chi connectivity index (χ2v) is 10.1. The van der Waals surface area contributed by atoms with Gasteiger partial charge in [0, 0.05) is 0 Å². The smallest absolute Gasteiger partial charge is 0.00149 e. The van der Waals surface area contributed by atoms with Gasteiger partial charge in [0.15, 0.2) is 0 Å².